The zero-order chi connectivity index (χ0) is 15.8. The van der Waals surface area contributed by atoms with Crippen molar-refractivity contribution in [2.45, 2.75) is 6.42 Å². The molecule has 0 aliphatic rings. The lowest BCUT2D eigenvalue weighted by molar-refractivity contribution is 0.244. The number of carbonyl (C=O) groups is 1. The minimum atomic E-state index is -0.203. The molecule has 5 heteroatoms. The van der Waals surface area contributed by atoms with Gasteiger partial charge in [0.1, 0.15) is 0 Å². The molecule has 0 fully saturated rings. The van der Waals surface area contributed by atoms with E-state index in [1.807, 2.05) is 54.6 Å². The first-order chi connectivity index (χ1) is 10.6. The van der Waals surface area contributed by atoms with Crippen LogP contribution < -0.4 is 10.6 Å². The molecule has 0 heterocycles. The molecule has 2 aromatic rings. The predicted molar refractivity (Wildman–Crippen MR) is 97.6 cm³/mol. The second-order valence-corrected chi connectivity index (χ2v) is 6.49. The molecular weight excluding hydrogens is 408 g/mol. The van der Waals surface area contributed by atoms with Gasteiger partial charge in [0, 0.05) is 21.7 Å². The molecule has 3 nitrogen and oxygen atoms in total. The van der Waals surface area contributed by atoms with Crippen LogP contribution in [-0.2, 0) is 6.42 Å². The Labute approximate surface area is 147 Å². The van der Waals surface area contributed by atoms with Crippen LogP contribution in [-0.4, -0.2) is 12.6 Å². The number of benzene rings is 2. The van der Waals surface area contributed by atoms with Gasteiger partial charge < -0.3 is 10.6 Å². The smallest absolute Gasteiger partial charge is 0.318 e. The zero-order valence-corrected chi connectivity index (χ0v) is 15.0. The maximum Gasteiger partial charge on any atom is 0.318 e. The van der Waals surface area contributed by atoms with E-state index < -0.39 is 0 Å². The van der Waals surface area contributed by atoms with Crippen molar-refractivity contribution in [3.8, 4) is 0 Å². The minimum absolute atomic E-state index is 0.203. The molecule has 2 N–H and O–H groups in total. The van der Waals surface area contributed by atoms with Gasteiger partial charge in [0.05, 0.1) is 0 Å². The molecule has 2 aromatic carbocycles. The Morgan fingerprint density at radius 2 is 1.55 bits per heavy atom. The van der Waals surface area contributed by atoms with E-state index in [-0.39, 0.29) is 6.03 Å². The van der Waals surface area contributed by atoms with Crippen LogP contribution in [0.5, 0.6) is 0 Å². The molecular formula is C17H16Br2N2O. The summed E-state index contributed by atoms with van der Waals surface area (Å²) in [4.78, 5) is 11.6. The van der Waals surface area contributed by atoms with Gasteiger partial charge in [0.25, 0.3) is 0 Å². The Kier molecular flexibility index (Phi) is 6.68. The molecule has 0 spiro atoms. The third kappa shape index (κ3) is 6.03. The highest BCUT2D eigenvalue weighted by Crippen LogP contribution is 2.11. The molecule has 2 amide bonds. The molecule has 0 unspecified atom stereocenters. The van der Waals surface area contributed by atoms with Crippen molar-refractivity contribution >= 4 is 44.0 Å². The summed E-state index contributed by atoms with van der Waals surface area (Å²) in [5.41, 5.74) is 2.22. The average molecular weight is 424 g/mol. The number of amides is 2. The molecule has 0 bridgehead atoms. The van der Waals surface area contributed by atoms with Gasteiger partial charge in [-0.1, -0.05) is 56.1 Å². The number of halogens is 2. The largest absolute Gasteiger partial charge is 0.338 e. The number of carbonyl (C=O) groups excluding carboxylic acids is 1. The second-order valence-electron chi connectivity index (χ2n) is 4.66. The standard InChI is InChI=1S/C17H16Br2N2O/c18-15-5-1-13(2-6-15)9-11-20-17(22)21-12-10-14-3-7-16(19)8-4-14/h1-9,11H,10,12H2,(H2,20,21,22)/b11-9+. The van der Waals surface area contributed by atoms with E-state index in [4.69, 9.17) is 0 Å². The van der Waals surface area contributed by atoms with Crippen LogP contribution in [0.2, 0.25) is 0 Å². The van der Waals surface area contributed by atoms with Gasteiger partial charge in [-0.15, -0.1) is 0 Å². The number of rotatable bonds is 5. The van der Waals surface area contributed by atoms with Crippen molar-refractivity contribution in [3.05, 3.63) is 74.8 Å². The van der Waals surface area contributed by atoms with Crippen molar-refractivity contribution in [3.63, 3.8) is 0 Å². The van der Waals surface area contributed by atoms with E-state index >= 15 is 0 Å². The molecule has 114 valence electrons. The van der Waals surface area contributed by atoms with Crippen molar-refractivity contribution in [1.82, 2.24) is 10.6 Å². The molecule has 0 saturated heterocycles. The van der Waals surface area contributed by atoms with E-state index in [2.05, 4.69) is 42.5 Å². The van der Waals surface area contributed by atoms with Crippen LogP contribution in [0.15, 0.2) is 63.7 Å². The molecule has 0 atom stereocenters. The fourth-order valence-electron chi connectivity index (χ4n) is 1.81. The lowest BCUT2D eigenvalue weighted by atomic mass is 10.1. The van der Waals surface area contributed by atoms with Gasteiger partial charge >= 0.3 is 6.03 Å². The Balaban J connectivity index is 1.69. The first-order valence-corrected chi connectivity index (χ1v) is 8.43. The van der Waals surface area contributed by atoms with Gasteiger partial charge in [-0.25, -0.2) is 4.79 Å². The van der Waals surface area contributed by atoms with E-state index in [1.165, 1.54) is 5.56 Å². The second kappa shape index (κ2) is 8.76. The summed E-state index contributed by atoms with van der Waals surface area (Å²) < 4.78 is 2.09. The molecule has 2 rings (SSSR count). The van der Waals surface area contributed by atoms with Crippen LogP contribution in [0.25, 0.3) is 6.08 Å². The van der Waals surface area contributed by atoms with E-state index in [9.17, 15) is 4.79 Å². The van der Waals surface area contributed by atoms with E-state index in [0.717, 1.165) is 20.9 Å². The number of hydrogen-bond acceptors (Lipinski definition) is 1. The first kappa shape index (κ1) is 16.8. The third-order valence-corrected chi connectivity index (χ3v) is 4.03. The van der Waals surface area contributed by atoms with E-state index in [0.29, 0.717) is 6.54 Å². The van der Waals surface area contributed by atoms with Crippen LogP contribution >= 0.6 is 31.9 Å². The topological polar surface area (TPSA) is 41.1 Å². The monoisotopic (exact) mass is 422 g/mol. The highest BCUT2D eigenvalue weighted by molar-refractivity contribution is 9.10. The maximum atomic E-state index is 11.6. The first-order valence-electron chi connectivity index (χ1n) is 6.84. The number of urea groups is 1. The minimum Gasteiger partial charge on any atom is -0.338 e. The summed E-state index contributed by atoms with van der Waals surface area (Å²) in [7, 11) is 0. The van der Waals surface area contributed by atoms with Crippen molar-refractivity contribution < 1.29 is 4.79 Å². The summed E-state index contributed by atoms with van der Waals surface area (Å²) in [6.45, 7) is 0.597. The molecule has 0 aliphatic heterocycles. The van der Waals surface area contributed by atoms with Crippen LogP contribution in [0.1, 0.15) is 11.1 Å². The van der Waals surface area contributed by atoms with Crippen LogP contribution in [0, 0.1) is 0 Å². The fraction of sp³-hybridized carbons (Fsp3) is 0.118. The summed E-state index contributed by atoms with van der Waals surface area (Å²) in [5.74, 6) is 0. The summed E-state index contributed by atoms with van der Waals surface area (Å²) in [5, 5.41) is 5.51. The Hall–Kier alpha value is -1.59. The van der Waals surface area contributed by atoms with Crippen molar-refractivity contribution in [2.75, 3.05) is 6.54 Å². The molecule has 22 heavy (non-hydrogen) atoms. The lowest BCUT2D eigenvalue weighted by Crippen LogP contribution is -2.33. The molecule has 0 aromatic heterocycles. The third-order valence-electron chi connectivity index (χ3n) is 2.97. The van der Waals surface area contributed by atoms with Crippen molar-refractivity contribution in [1.29, 1.82) is 0 Å². The highest BCUT2D eigenvalue weighted by Gasteiger charge is 1.97. The SMILES string of the molecule is O=C(N/C=C/c1ccc(Br)cc1)NCCc1ccc(Br)cc1. The summed E-state index contributed by atoms with van der Waals surface area (Å²) in [6.07, 6.45) is 4.29. The Morgan fingerprint density at radius 1 is 0.955 bits per heavy atom. The summed E-state index contributed by atoms with van der Waals surface area (Å²) >= 11 is 6.78. The van der Waals surface area contributed by atoms with Gasteiger partial charge in [0.15, 0.2) is 0 Å². The van der Waals surface area contributed by atoms with Gasteiger partial charge in [0.2, 0.25) is 0 Å². The van der Waals surface area contributed by atoms with Gasteiger partial charge in [-0.3, -0.25) is 0 Å². The normalized spacial score (nSPS) is 10.6. The van der Waals surface area contributed by atoms with Gasteiger partial charge in [-0.05, 0) is 47.9 Å². The number of nitrogens with one attached hydrogen (secondary N) is 2. The number of hydrogen-bond donors (Lipinski definition) is 2. The van der Waals surface area contributed by atoms with Crippen molar-refractivity contribution in [2.24, 2.45) is 0 Å². The van der Waals surface area contributed by atoms with E-state index in [1.54, 1.807) is 6.20 Å². The highest BCUT2D eigenvalue weighted by atomic mass is 79.9. The predicted octanol–water partition coefficient (Wildman–Crippen LogP) is 4.72. The average Bonchev–Trinajstić information content (AvgIpc) is 2.51. The quantitative estimate of drug-likeness (QED) is 0.717. The Bertz CT molecular complexity index is 637. The fourth-order valence-corrected chi connectivity index (χ4v) is 2.34. The zero-order valence-electron chi connectivity index (χ0n) is 11.9. The van der Waals surface area contributed by atoms with Crippen LogP contribution in [0.3, 0.4) is 0 Å². The van der Waals surface area contributed by atoms with Crippen LogP contribution in [0.4, 0.5) is 4.79 Å². The molecule has 0 aliphatic carbocycles. The molecule has 0 saturated carbocycles. The maximum absolute atomic E-state index is 11.6. The molecule has 0 radical (unpaired) electrons. The van der Waals surface area contributed by atoms with Gasteiger partial charge in [-0.2, -0.15) is 0 Å². The Morgan fingerprint density at radius 3 is 2.18 bits per heavy atom. The summed E-state index contributed by atoms with van der Waals surface area (Å²) in [6, 6.07) is 15.7. The lowest BCUT2D eigenvalue weighted by Gasteiger charge is -2.05.